The van der Waals surface area contributed by atoms with Crippen LogP contribution in [0.15, 0.2) is 30.3 Å². The zero-order valence-electron chi connectivity index (χ0n) is 12.4. The summed E-state index contributed by atoms with van der Waals surface area (Å²) in [6.45, 7) is 1.73. The molecule has 4 nitrogen and oxygen atoms in total. The number of hydrogen-bond donors (Lipinski definition) is 1. The Kier molecular flexibility index (Phi) is 4.78. The van der Waals surface area contributed by atoms with Gasteiger partial charge in [0.2, 0.25) is 5.91 Å². The summed E-state index contributed by atoms with van der Waals surface area (Å²) in [7, 11) is 3.88. The first-order valence-corrected chi connectivity index (χ1v) is 7.17. The Bertz CT molecular complexity index is 447. The highest BCUT2D eigenvalue weighted by atomic mass is 16.3. The minimum atomic E-state index is -0.744. The fraction of sp³-hybridized carbons (Fsp3) is 0.562. The molecule has 1 N–H and O–H groups in total. The summed E-state index contributed by atoms with van der Waals surface area (Å²) in [6.07, 6.45) is 1.95. The van der Waals surface area contributed by atoms with Crippen molar-refractivity contribution in [1.29, 1.82) is 0 Å². The molecule has 0 saturated carbocycles. The number of carbonyl (C=O) groups excluding carboxylic acids is 1. The lowest BCUT2D eigenvalue weighted by Crippen LogP contribution is -2.43. The molecule has 0 spiro atoms. The SMILES string of the molecule is CN(C)C[C@]1(O)CCN(C(=O)CCc2ccccc2)C1. The number of amides is 1. The number of hydrogen-bond acceptors (Lipinski definition) is 3. The molecule has 2 rings (SSSR count). The van der Waals surface area contributed by atoms with E-state index in [2.05, 4.69) is 0 Å². The normalized spacial score (nSPS) is 22.5. The second-order valence-corrected chi connectivity index (χ2v) is 6.01. The van der Waals surface area contributed by atoms with Crippen molar-refractivity contribution < 1.29 is 9.90 Å². The number of aliphatic hydroxyl groups is 1. The van der Waals surface area contributed by atoms with Gasteiger partial charge in [-0.15, -0.1) is 0 Å². The van der Waals surface area contributed by atoms with E-state index in [1.165, 1.54) is 5.56 Å². The molecule has 0 bridgehead atoms. The largest absolute Gasteiger partial charge is 0.387 e. The first-order valence-electron chi connectivity index (χ1n) is 7.17. The molecule has 4 heteroatoms. The van der Waals surface area contributed by atoms with Crippen LogP contribution in [0.3, 0.4) is 0 Å². The van der Waals surface area contributed by atoms with Gasteiger partial charge in [0.05, 0.1) is 12.1 Å². The third-order valence-corrected chi connectivity index (χ3v) is 3.77. The van der Waals surface area contributed by atoms with Crippen LogP contribution < -0.4 is 0 Å². The van der Waals surface area contributed by atoms with Crippen LogP contribution in [-0.4, -0.2) is 60.1 Å². The minimum Gasteiger partial charge on any atom is -0.387 e. The quantitative estimate of drug-likeness (QED) is 0.877. The van der Waals surface area contributed by atoms with Crippen molar-refractivity contribution in [3.8, 4) is 0 Å². The van der Waals surface area contributed by atoms with Crippen molar-refractivity contribution in [1.82, 2.24) is 9.80 Å². The van der Waals surface area contributed by atoms with Gasteiger partial charge in [-0.05, 0) is 32.5 Å². The molecule has 0 aromatic heterocycles. The Hall–Kier alpha value is -1.39. The Labute approximate surface area is 121 Å². The molecule has 20 heavy (non-hydrogen) atoms. The topological polar surface area (TPSA) is 43.8 Å². The Balaban J connectivity index is 1.82. The molecule has 0 aliphatic carbocycles. The van der Waals surface area contributed by atoms with Crippen molar-refractivity contribution >= 4 is 5.91 Å². The molecule has 1 saturated heterocycles. The van der Waals surface area contributed by atoms with Crippen LogP contribution in [-0.2, 0) is 11.2 Å². The second-order valence-electron chi connectivity index (χ2n) is 6.01. The van der Waals surface area contributed by atoms with Gasteiger partial charge < -0.3 is 14.9 Å². The first-order chi connectivity index (χ1) is 9.48. The van der Waals surface area contributed by atoms with Gasteiger partial charge in [0.25, 0.3) is 0 Å². The maximum Gasteiger partial charge on any atom is 0.223 e. The molecule has 1 aromatic carbocycles. The summed E-state index contributed by atoms with van der Waals surface area (Å²) < 4.78 is 0. The number of benzene rings is 1. The molecule has 1 amide bonds. The van der Waals surface area contributed by atoms with Crippen LogP contribution in [0.2, 0.25) is 0 Å². The van der Waals surface area contributed by atoms with E-state index in [1.807, 2.05) is 49.3 Å². The lowest BCUT2D eigenvalue weighted by Gasteiger charge is -2.26. The van der Waals surface area contributed by atoms with Crippen LogP contribution >= 0.6 is 0 Å². The molecule has 0 radical (unpaired) electrons. The maximum atomic E-state index is 12.2. The van der Waals surface area contributed by atoms with Gasteiger partial charge in [-0.1, -0.05) is 30.3 Å². The zero-order chi connectivity index (χ0) is 14.6. The van der Waals surface area contributed by atoms with Crippen LogP contribution in [0.4, 0.5) is 0 Å². The second kappa shape index (κ2) is 6.37. The van der Waals surface area contributed by atoms with E-state index >= 15 is 0 Å². The molecule has 1 aliphatic rings. The smallest absolute Gasteiger partial charge is 0.223 e. The predicted molar refractivity (Wildman–Crippen MR) is 79.5 cm³/mol. The number of nitrogens with zero attached hydrogens (tertiary/aromatic N) is 2. The molecule has 0 unspecified atom stereocenters. The average molecular weight is 276 g/mol. The highest BCUT2D eigenvalue weighted by Crippen LogP contribution is 2.22. The van der Waals surface area contributed by atoms with E-state index in [1.54, 1.807) is 4.90 Å². The molecule has 1 heterocycles. The number of carbonyl (C=O) groups is 1. The van der Waals surface area contributed by atoms with Gasteiger partial charge in [-0.3, -0.25) is 4.79 Å². The molecular formula is C16H24N2O2. The summed E-state index contributed by atoms with van der Waals surface area (Å²) >= 11 is 0. The highest BCUT2D eigenvalue weighted by molar-refractivity contribution is 5.76. The number of rotatable bonds is 5. The molecule has 1 aromatic rings. The summed E-state index contributed by atoms with van der Waals surface area (Å²) in [5.41, 5.74) is 0.440. The van der Waals surface area contributed by atoms with Gasteiger partial charge in [0, 0.05) is 19.5 Å². The molecule has 1 fully saturated rings. The lowest BCUT2D eigenvalue weighted by molar-refractivity contribution is -0.131. The van der Waals surface area contributed by atoms with E-state index in [4.69, 9.17) is 0 Å². The van der Waals surface area contributed by atoms with E-state index in [0.29, 0.717) is 32.5 Å². The Morgan fingerprint density at radius 1 is 1.35 bits per heavy atom. The number of likely N-dealkylation sites (tertiary alicyclic amines) is 1. The van der Waals surface area contributed by atoms with Crippen molar-refractivity contribution in [2.24, 2.45) is 0 Å². The maximum absolute atomic E-state index is 12.2. The fourth-order valence-corrected chi connectivity index (χ4v) is 2.84. The van der Waals surface area contributed by atoms with Crippen molar-refractivity contribution in [2.75, 3.05) is 33.7 Å². The molecule has 1 atom stereocenters. The van der Waals surface area contributed by atoms with Gasteiger partial charge in [0.15, 0.2) is 0 Å². The summed E-state index contributed by atoms with van der Waals surface area (Å²) in [6, 6.07) is 10.0. The van der Waals surface area contributed by atoms with Crippen LogP contribution in [0.1, 0.15) is 18.4 Å². The lowest BCUT2D eigenvalue weighted by atomic mass is 10.0. The molecular weight excluding hydrogens is 252 g/mol. The number of likely N-dealkylation sites (N-methyl/N-ethyl adjacent to an activating group) is 1. The third kappa shape index (κ3) is 4.05. The van der Waals surface area contributed by atoms with Crippen molar-refractivity contribution in [3.05, 3.63) is 35.9 Å². The summed E-state index contributed by atoms with van der Waals surface area (Å²) in [5, 5.41) is 10.4. The monoisotopic (exact) mass is 276 g/mol. The standard InChI is InChI=1S/C16H24N2O2/c1-17(2)12-16(20)10-11-18(13-16)15(19)9-8-14-6-4-3-5-7-14/h3-7,20H,8-13H2,1-2H3/t16-/m1/s1. The molecule has 110 valence electrons. The van der Waals surface area contributed by atoms with Gasteiger partial charge in [-0.25, -0.2) is 0 Å². The van der Waals surface area contributed by atoms with E-state index in [9.17, 15) is 9.90 Å². The van der Waals surface area contributed by atoms with Crippen molar-refractivity contribution in [2.45, 2.75) is 24.9 Å². The molecule has 1 aliphatic heterocycles. The Morgan fingerprint density at radius 3 is 2.70 bits per heavy atom. The average Bonchev–Trinajstić information content (AvgIpc) is 2.78. The van der Waals surface area contributed by atoms with Gasteiger partial charge in [-0.2, -0.15) is 0 Å². The van der Waals surface area contributed by atoms with Crippen LogP contribution in [0, 0.1) is 0 Å². The predicted octanol–water partition coefficient (Wildman–Crippen LogP) is 1.14. The van der Waals surface area contributed by atoms with Crippen molar-refractivity contribution in [3.63, 3.8) is 0 Å². The van der Waals surface area contributed by atoms with E-state index in [-0.39, 0.29) is 5.91 Å². The van der Waals surface area contributed by atoms with Crippen LogP contribution in [0.25, 0.3) is 0 Å². The Morgan fingerprint density at radius 2 is 2.05 bits per heavy atom. The summed E-state index contributed by atoms with van der Waals surface area (Å²) in [5.74, 6) is 0.142. The summed E-state index contributed by atoms with van der Waals surface area (Å²) in [4.78, 5) is 16.0. The number of β-amino-alcohol motifs (C(OH)–C–C–N with tert-alkyl or cyclic N) is 1. The zero-order valence-corrected chi connectivity index (χ0v) is 12.4. The minimum absolute atomic E-state index is 0.142. The van der Waals surface area contributed by atoms with Crippen LogP contribution in [0.5, 0.6) is 0 Å². The van der Waals surface area contributed by atoms with E-state index < -0.39 is 5.60 Å². The van der Waals surface area contributed by atoms with Gasteiger partial charge in [0.1, 0.15) is 0 Å². The first kappa shape index (κ1) is 15.0. The van der Waals surface area contributed by atoms with Gasteiger partial charge >= 0.3 is 0 Å². The van der Waals surface area contributed by atoms with E-state index in [0.717, 1.165) is 6.42 Å². The highest BCUT2D eigenvalue weighted by Gasteiger charge is 2.38. The fourth-order valence-electron chi connectivity index (χ4n) is 2.84. The third-order valence-electron chi connectivity index (χ3n) is 3.77. The number of aryl methyl sites for hydroxylation is 1.